The molecule has 1 aromatic carbocycles. The smallest absolute Gasteiger partial charge is 0.303 e. The number of carboxylic acid groups (broad SMARTS) is 1. The second-order valence-corrected chi connectivity index (χ2v) is 4.95. The molecular weight excluding hydrogens is 246 g/mol. The van der Waals surface area contributed by atoms with Gasteiger partial charge in [-0.25, -0.2) is 0 Å². The Morgan fingerprint density at radius 2 is 1.95 bits per heavy atom. The van der Waals surface area contributed by atoms with E-state index < -0.39 is 11.4 Å². The van der Waals surface area contributed by atoms with Gasteiger partial charge in [-0.15, -0.1) is 0 Å². The summed E-state index contributed by atoms with van der Waals surface area (Å²) in [4.78, 5) is 10.9. The molecule has 0 amide bonds. The summed E-state index contributed by atoms with van der Waals surface area (Å²) < 4.78 is 10.4. The van der Waals surface area contributed by atoms with E-state index >= 15 is 0 Å². The zero-order valence-electron chi connectivity index (χ0n) is 11.6. The Morgan fingerprint density at radius 1 is 1.32 bits per heavy atom. The van der Waals surface area contributed by atoms with E-state index in [0.29, 0.717) is 24.5 Å². The van der Waals surface area contributed by atoms with Gasteiger partial charge in [0.15, 0.2) is 11.5 Å². The van der Waals surface area contributed by atoms with Crippen LogP contribution < -0.4 is 15.2 Å². The molecule has 0 saturated heterocycles. The van der Waals surface area contributed by atoms with Crippen molar-refractivity contribution in [1.82, 2.24) is 0 Å². The van der Waals surface area contributed by atoms with Crippen LogP contribution in [0.2, 0.25) is 0 Å². The monoisotopic (exact) mass is 267 g/mol. The Morgan fingerprint density at radius 3 is 2.42 bits per heavy atom. The first-order valence-electron chi connectivity index (χ1n) is 6.07. The highest BCUT2D eigenvalue weighted by Crippen LogP contribution is 2.32. The van der Waals surface area contributed by atoms with Crippen molar-refractivity contribution in [3.05, 3.63) is 23.8 Å². The minimum atomic E-state index is -0.839. The minimum absolute atomic E-state index is 0.0395. The molecule has 0 saturated carbocycles. The van der Waals surface area contributed by atoms with Crippen molar-refractivity contribution in [2.45, 2.75) is 19.8 Å². The molecule has 1 unspecified atom stereocenters. The van der Waals surface area contributed by atoms with Gasteiger partial charge >= 0.3 is 5.97 Å². The number of carboxylic acids is 1. The maximum absolute atomic E-state index is 10.9. The van der Waals surface area contributed by atoms with E-state index in [1.165, 1.54) is 0 Å². The Balaban J connectivity index is 2.94. The van der Waals surface area contributed by atoms with Crippen LogP contribution in [0.3, 0.4) is 0 Å². The topological polar surface area (TPSA) is 81.8 Å². The average molecular weight is 267 g/mol. The first-order valence-corrected chi connectivity index (χ1v) is 6.07. The Labute approximate surface area is 113 Å². The zero-order valence-corrected chi connectivity index (χ0v) is 11.6. The van der Waals surface area contributed by atoms with Crippen LogP contribution in [-0.4, -0.2) is 31.8 Å². The summed E-state index contributed by atoms with van der Waals surface area (Å²) in [5, 5.41) is 8.94. The highest BCUT2D eigenvalue weighted by Gasteiger charge is 2.26. The van der Waals surface area contributed by atoms with E-state index in [1.54, 1.807) is 14.2 Å². The normalized spacial score (nSPS) is 13.7. The van der Waals surface area contributed by atoms with Gasteiger partial charge in [0.1, 0.15) is 0 Å². The molecule has 0 aliphatic carbocycles. The first-order chi connectivity index (χ1) is 8.94. The molecule has 19 heavy (non-hydrogen) atoms. The lowest BCUT2D eigenvalue weighted by Gasteiger charge is -2.26. The number of ether oxygens (including phenoxy) is 2. The average Bonchev–Trinajstić information content (AvgIpc) is 2.37. The molecule has 1 aromatic rings. The van der Waals surface area contributed by atoms with Crippen LogP contribution in [0.1, 0.15) is 18.9 Å². The number of rotatable bonds is 7. The molecule has 3 N–H and O–H groups in total. The maximum Gasteiger partial charge on any atom is 0.303 e. The third-order valence-electron chi connectivity index (χ3n) is 3.15. The largest absolute Gasteiger partial charge is 0.493 e. The molecule has 0 aromatic heterocycles. The summed E-state index contributed by atoms with van der Waals surface area (Å²) in [6.07, 6.45) is 0.619. The van der Waals surface area contributed by atoms with Crippen LogP contribution in [0.15, 0.2) is 18.2 Å². The van der Waals surface area contributed by atoms with E-state index in [4.69, 9.17) is 20.3 Å². The fraction of sp³-hybridized carbons (Fsp3) is 0.500. The van der Waals surface area contributed by atoms with Gasteiger partial charge in [0.05, 0.1) is 20.6 Å². The number of nitrogens with two attached hydrogens (primary N) is 1. The van der Waals surface area contributed by atoms with Gasteiger partial charge in [-0.05, 0) is 36.1 Å². The van der Waals surface area contributed by atoms with Gasteiger partial charge in [0, 0.05) is 0 Å². The van der Waals surface area contributed by atoms with Crippen molar-refractivity contribution in [3.8, 4) is 11.5 Å². The Bertz CT molecular complexity index is 447. The first kappa shape index (κ1) is 15.3. The van der Waals surface area contributed by atoms with Gasteiger partial charge in [-0.1, -0.05) is 13.0 Å². The number of aliphatic carboxylic acids is 1. The van der Waals surface area contributed by atoms with E-state index in [0.717, 1.165) is 5.56 Å². The van der Waals surface area contributed by atoms with Gasteiger partial charge in [0.25, 0.3) is 0 Å². The molecule has 0 aliphatic rings. The van der Waals surface area contributed by atoms with Gasteiger partial charge in [-0.3, -0.25) is 4.79 Å². The summed E-state index contributed by atoms with van der Waals surface area (Å²) >= 11 is 0. The lowest BCUT2D eigenvalue weighted by atomic mass is 9.80. The molecule has 1 rings (SSSR count). The van der Waals surface area contributed by atoms with Crippen LogP contribution in [0.4, 0.5) is 0 Å². The molecule has 0 fully saturated rings. The van der Waals surface area contributed by atoms with Crippen molar-refractivity contribution >= 4 is 5.97 Å². The SMILES string of the molecule is COc1ccc(CC(C)(CN)CC(=O)O)cc1OC. The molecule has 0 radical (unpaired) electrons. The van der Waals surface area contributed by atoms with Crippen molar-refractivity contribution in [2.75, 3.05) is 20.8 Å². The van der Waals surface area contributed by atoms with Crippen LogP contribution in [-0.2, 0) is 11.2 Å². The highest BCUT2D eigenvalue weighted by molar-refractivity contribution is 5.67. The van der Waals surface area contributed by atoms with Gasteiger partial charge in [0.2, 0.25) is 0 Å². The third kappa shape index (κ3) is 4.13. The molecule has 5 heteroatoms. The summed E-state index contributed by atoms with van der Waals surface area (Å²) in [5.74, 6) is 0.446. The van der Waals surface area contributed by atoms with Crippen LogP contribution >= 0.6 is 0 Å². The van der Waals surface area contributed by atoms with E-state index in [-0.39, 0.29) is 6.42 Å². The fourth-order valence-corrected chi connectivity index (χ4v) is 2.06. The van der Waals surface area contributed by atoms with Crippen molar-refractivity contribution in [3.63, 3.8) is 0 Å². The summed E-state index contributed by atoms with van der Waals surface area (Å²) in [7, 11) is 3.15. The molecule has 1 atom stereocenters. The number of methoxy groups -OCH3 is 2. The quantitative estimate of drug-likeness (QED) is 0.785. The summed E-state index contributed by atoms with van der Waals surface area (Å²) in [6, 6.07) is 5.57. The lowest BCUT2D eigenvalue weighted by Crippen LogP contribution is -2.32. The number of hydrogen-bond donors (Lipinski definition) is 2. The standard InChI is InChI=1S/C14H21NO4/c1-14(9-15,8-13(16)17)7-10-4-5-11(18-2)12(6-10)19-3/h4-6H,7-9,15H2,1-3H3,(H,16,17). The minimum Gasteiger partial charge on any atom is -0.493 e. The highest BCUT2D eigenvalue weighted by atomic mass is 16.5. The van der Waals surface area contributed by atoms with E-state index in [2.05, 4.69) is 0 Å². The molecule has 0 aliphatic heterocycles. The maximum atomic E-state index is 10.9. The number of carbonyl (C=O) groups is 1. The second kappa shape index (κ2) is 6.43. The van der Waals surface area contributed by atoms with Crippen LogP contribution in [0.25, 0.3) is 0 Å². The molecule has 0 spiro atoms. The molecule has 5 nitrogen and oxygen atoms in total. The second-order valence-electron chi connectivity index (χ2n) is 4.95. The van der Waals surface area contributed by atoms with Gasteiger partial charge in [-0.2, -0.15) is 0 Å². The van der Waals surface area contributed by atoms with Crippen molar-refractivity contribution < 1.29 is 19.4 Å². The number of benzene rings is 1. The summed E-state index contributed by atoms with van der Waals surface area (Å²) in [6.45, 7) is 2.19. The molecule has 0 bridgehead atoms. The van der Waals surface area contributed by atoms with Crippen molar-refractivity contribution in [1.29, 1.82) is 0 Å². The van der Waals surface area contributed by atoms with Crippen LogP contribution in [0.5, 0.6) is 11.5 Å². The van der Waals surface area contributed by atoms with E-state index in [1.807, 2.05) is 25.1 Å². The number of hydrogen-bond acceptors (Lipinski definition) is 4. The molecule has 106 valence electrons. The van der Waals surface area contributed by atoms with Crippen LogP contribution in [0, 0.1) is 5.41 Å². The Hall–Kier alpha value is -1.75. The fourth-order valence-electron chi connectivity index (χ4n) is 2.06. The Kier molecular flexibility index (Phi) is 5.18. The zero-order chi connectivity index (χ0) is 14.5. The summed E-state index contributed by atoms with van der Waals surface area (Å²) in [5.41, 5.74) is 6.22. The van der Waals surface area contributed by atoms with Crippen molar-refractivity contribution in [2.24, 2.45) is 11.1 Å². The van der Waals surface area contributed by atoms with E-state index in [9.17, 15) is 4.79 Å². The lowest BCUT2D eigenvalue weighted by molar-refractivity contribution is -0.139. The third-order valence-corrected chi connectivity index (χ3v) is 3.15. The molecular formula is C14H21NO4. The van der Waals surface area contributed by atoms with Gasteiger partial charge < -0.3 is 20.3 Å². The predicted octanol–water partition coefficient (Wildman–Crippen LogP) is 1.69. The molecule has 0 heterocycles. The predicted molar refractivity (Wildman–Crippen MR) is 72.7 cm³/mol.